The number of rotatable bonds is 6. The molecule has 102 valence electrons. The van der Waals surface area contributed by atoms with E-state index in [1.807, 2.05) is 37.3 Å². The molecule has 1 amide bonds. The summed E-state index contributed by atoms with van der Waals surface area (Å²) < 4.78 is 14.9. The molecule has 0 aliphatic rings. The van der Waals surface area contributed by atoms with Gasteiger partial charge >= 0.3 is 0 Å². The lowest BCUT2D eigenvalue weighted by molar-refractivity contribution is -0.112. The van der Waals surface area contributed by atoms with Crippen molar-refractivity contribution in [2.45, 2.75) is 11.8 Å². The van der Waals surface area contributed by atoms with E-state index in [4.69, 9.17) is 5.41 Å². The zero-order valence-corrected chi connectivity index (χ0v) is 11.7. The summed E-state index contributed by atoms with van der Waals surface area (Å²) in [5.41, 5.74) is 0. The van der Waals surface area contributed by atoms with Crippen LogP contribution in [0.1, 0.15) is 6.92 Å². The van der Waals surface area contributed by atoms with Gasteiger partial charge in [0, 0.05) is 18.5 Å². The first-order valence-corrected chi connectivity index (χ1v) is 6.49. The summed E-state index contributed by atoms with van der Waals surface area (Å²) in [7, 11) is 1.62. The largest absolute Gasteiger partial charge is 0.358 e. The Morgan fingerprint density at radius 2 is 2.05 bits per heavy atom. The first-order chi connectivity index (χ1) is 9.08. The summed E-state index contributed by atoms with van der Waals surface area (Å²) in [6, 6.07) is 9.15. The fraction of sp³-hybridized carbons (Fsp3) is 0.231. The van der Waals surface area contributed by atoms with Gasteiger partial charge in [-0.25, -0.2) is 4.39 Å². The van der Waals surface area contributed by atoms with Crippen LogP contribution in [0.15, 0.2) is 47.3 Å². The Balaban J connectivity index is 2.76. The lowest BCUT2D eigenvalue weighted by Crippen LogP contribution is -2.26. The molecule has 0 heterocycles. The minimum atomic E-state index is -0.750. The predicted octanol–water partition coefficient (Wildman–Crippen LogP) is 2.89. The van der Waals surface area contributed by atoms with Gasteiger partial charge in [0.05, 0.1) is 6.20 Å². The molecule has 0 spiro atoms. The Kier molecular flexibility index (Phi) is 6.08. The van der Waals surface area contributed by atoms with Crippen molar-refractivity contribution < 1.29 is 9.18 Å². The number of amidine groups is 1. The van der Waals surface area contributed by atoms with Gasteiger partial charge in [-0.15, -0.1) is 0 Å². The number of halogens is 1. The number of carbonyl (C=O) groups is 1. The highest BCUT2D eigenvalue weighted by Gasteiger charge is 2.11. The molecule has 6 heteroatoms. The van der Waals surface area contributed by atoms with Crippen molar-refractivity contribution in [3.8, 4) is 0 Å². The second-order valence-corrected chi connectivity index (χ2v) is 4.79. The van der Waals surface area contributed by atoms with Crippen molar-refractivity contribution in [1.82, 2.24) is 9.21 Å². The first kappa shape index (κ1) is 15.2. The fourth-order valence-electron chi connectivity index (χ4n) is 1.19. The molecule has 0 aromatic heterocycles. The van der Waals surface area contributed by atoms with E-state index >= 15 is 0 Å². The normalized spacial score (nSPS) is 11.0. The molecule has 1 aromatic carbocycles. The number of likely N-dealkylation sites (N-methyl/N-ethyl adjacent to an activating group) is 1. The van der Waals surface area contributed by atoms with E-state index in [1.165, 1.54) is 4.90 Å². The van der Waals surface area contributed by atoms with Crippen LogP contribution in [-0.4, -0.2) is 35.0 Å². The third-order valence-corrected chi connectivity index (χ3v) is 3.27. The standard InChI is InChI=1S/C13H16FN3OS/c1-3-16(2)13(15)12(14)9-17(10-18)19-11-7-5-4-6-8-11/h4-10,15H,3H2,1-2H3/b12-9+,15-13?. The molecule has 19 heavy (non-hydrogen) atoms. The number of nitrogens with one attached hydrogen (secondary N) is 1. The Morgan fingerprint density at radius 3 is 2.58 bits per heavy atom. The van der Waals surface area contributed by atoms with Crippen LogP contribution in [-0.2, 0) is 4.79 Å². The van der Waals surface area contributed by atoms with E-state index in [2.05, 4.69) is 0 Å². The number of amides is 1. The summed E-state index contributed by atoms with van der Waals surface area (Å²) in [6.07, 6.45) is 1.52. The number of hydrogen-bond acceptors (Lipinski definition) is 3. The van der Waals surface area contributed by atoms with Gasteiger partial charge in [0.2, 0.25) is 6.41 Å². The van der Waals surface area contributed by atoms with Gasteiger partial charge in [0.1, 0.15) is 0 Å². The van der Waals surface area contributed by atoms with Gasteiger partial charge in [0.25, 0.3) is 0 Å². The topological polar surface area (TPSA) is 47.4 Å². The van der Waals surface area contributed by atoms with Crippen LogP contribution in [0.3, 0.4) is 0 Å². The van der Waals surface area contributed by atoms with Crippen molar-refractivity contribution in [2.24, 2.45) is 0 Å². The van der Waals surface area contributed by atoms with Crippen molar-refractivity contribution in [1.29, 1.82) is 5.41 Å². The minimum absolute atomic E-state index is 0.247. The number of hydrogen-bond donors (Lipinski definition) is 1. The van der Waals surface area contributed by atoms with Gasteiger partial charge in [-0.2, -0.15) is 0 Å². The van der Waals surface area contributed by atoms with Gasteiger partial charge in [-0.3, -0.25) is 14.5 Å². The molecule has 0 saturated heterocycles. The van der Waals surface area contributed by atoms with Crippen LogP contribution in [0, 0.1) is 5.41 Å². The molecular weight excluding hydrogens is 265 g/mol. The summed E-state index contributed by atoms with van der Waals surface area (Å²) in [5, 5.41) is 7.58. The quantitative estimate of drug-likeness (QED) is 0.377. The second-order valence-electron chi connectivity index (χ2n) is 3.71. The number of benzene rings is 1. The summed E-state index contributed by atoms with van der Waals surface area (Å²) in [6.45, 7) is 2.34. The van der Waals surface area contributed by atoms with Gasteiger partial charge in [0.15, 0.2) is 11.7 Å². The fourth-order valence-corrected chi connectivity index (χ4v) is 1.91. The Hall–Kier alpha value is -1.82. The Bertz CT molecular complexity index is 464. The first-order valence-electron chi connectivity index (χ1n) is 5.72. The van der Waals surface area contributed by atoms with Gasteiger partial charge in [-0.1, -0.05) is 18.2 Å². The SMILES string of the molecule is CCN(C)C(=N)/C(F)=C\N(C=O)Sc1ccccc1. The molecule has 0 aliphatic heterocycles. The van der Waals surface area contributed by atoms with E-state index in [9.17, 15) is 9.18 Å². The summed E-state index contributed by atoms with van der Waals surface area (Å²) >= 11 is 1.09. The summed E-state index contributed by atoms with van der Waals surface area (Å²) in [5.74, 6) is -0.997. The van der Waals surface area contributed by atoms with Crippen LogP contribution in [0.5, 0.6) is 0 Å². The number of nitrogens with zero attached hydrogens (tertiary/aromatic N) is 2. The van der Waals surface area contributed by atoms with Crippen molar-refractivity contribution in [3.05, 3.63) is 42.4 Å². The van der Waals surface area contributed by atoms with Crippen molar-refractivity contribution in [2.75, 3.05) is 13.6 Å². The van der Waals surface area contributed by atoms with E-state index in [-0.39, 0.29) is 5.84 Å². The van der Waals surface area contributed by atoms with Crippen molar-refractivity contribution in [3.63, 3.8) is 0 Å². The molecule has 0 aliphatic carbocycles. The highest BCUT2D eigenvalue weighted by molar-refractivity contribution is 7.97. The monoisotopic (exact) mass is 281 g/mol. The molecule has 1 rings (SSSR count). The van der Waals surface area contributed by atoms with E-state index in [0.717, 1.165) is 27.3 Å². The molecule has 1 N–H and O–H groups in total. The summed E-state index contributed by atoms with van der Waals surface area (Å²) in [4.78, 5) is 13.2. The highest BCUT2D eigenvalue weighted by atomic mass is 32.2. The van der Waals surface area contributed by atoms with E-state index in [1.54, 1.807) is 7.05 Å². The van der Waals surface area contributed by atoms with Gasteiger partial charge < -0.3 is 4.90 Å². The zero-order valence-electron chi connectivity index (χ0n) is 10.8. The lowest BCUT2D eigenvalue weighted by atomic mass is 10.4. The third kappa shape index (κ3) is 4.75. The number of carbonyl (C=O) groups excluding carboxylic acids is 1. The Morgan fingerprint density at radius 1 is 1.42 bits per heavy atom. The predicted molar refractivity (Wildman–Crippen MR) is 75.4 cm³/mol. The maximum atomic E-state index is 13.8. The van der Waals surface area contributed by atoms with Crippen LogP contribution >= 0.6 is 11.9 Å². The Labute approximate surface area is 116 Å². The lowest BCUT2D eigenvalue weighted by Gasteiger charge is -2.17. The van der Waals surface area contributed by atoms with E-state index in [0.29, 0.717) is 13.0 Å². The molecule has 0 atom stereocenters. The molecular formula is C13H16FN3OS. The van der Waals surface area contributed by atoms with E-state index < -0.39 is 5.83 Å². The smallest absolute Gasteiger partial charge is 0.224 e. The molecule has 0 radical (unpaired) electrons. The van der Waals surface area contributed by atoms with Crippen LogP contribution < -0.4 is 0 Å². The molecule has 0 unspecified atom stereocenters. The molecule has 0 saturated carbocycles. The van der Waals surface area contributed by atoms with Crippen LogP contribution in [0.2, 0.25) is 0 Å². The minimum Gasteiger partial charge on any atom is -0.358 e. The molecule has 0 fully saturated rings. The molecule has 4 nitrogen and oxygen atoms in total. The van der Waals surface area contributed by atoms with Crippen molar-refractivity contribution >= 4 is 24.2 Å². The average Bonchev–Trinajstić information content (AvgIpc) is 2.45. The average molecular weight is 281 g/mol. The zero-order chi connectivity index (χ0) is 14.3. The van der Waals surface area contributed by atoms with Gasteiger partial charge in [-0.05, 0) is 31.0 Å². The maximum absolute atomic E-state index is 13.8. The van der Waals surface area contributed by atoms with Crippen LogP contribution in [0.25, 0.3) is 0 Å². The molecule has 1 aromatic rings. The third-order valence-electron chi connectivity index (χ3n) is 2.38. The highest BCUT2D eigenvalue weighted by Crippen LogP contribution is 2.22. The van der Waals surface area contributed by atoms with Crippen LogP contribution in [0.4, 0.5) is 4.39 Å². The molecule has 0 bridgehead atoms. The maximum Gasteiger partial charge on any atom is 0.224 e. The second kappa shape index (κ2) is 7.58.